The first kappa shape index (κ1) is 15.2. The van der Waals surface area contributed by atoms with E-state index in [4.69, 9.17) is 4.74 Å². The smallest absolute Gasteiger partial charge is 0.0694 e. The van der Waals surface area contributed by atoms with Gasteiger partial charge in [0.25, 0.3) is 0 Å². The minimum absolute atomic E-state index is 0.431. The molecule has 1 aromatic rings. The van der Waals surface area contributed by atoms with Crippen molar-refractivity contribution in [1.29, 1.82) is 0 Å². The number of aryl methyl sites for hydroxylation is 1. The normalized spacial score (nSPS) is 13.2. The van der Waals surface area contributed by atoms with Crippen molar-refractivity contribution in [3.05, 3.63) is 17.5 Å². The van der Waals surface area contributed by atoms with Crippen LogP contribution in [0.25, 0.3) is 0 Å². The van der Waals surface area contributed by atoms with E-state index in [9.17, 15) is 0 Å². The number of aromatic nitrogens is 2. The molecule has 0 amide bonds. The average Bonchev–Trinajstić information content (AvgIpc) is 2.68. The molecule has 1 heterocycles. The van der Waals surface area contributed by atoms with Gasteiger partial charge < -0.3 is 10.1 Å². The van der Waals surface area contributed by atoms with Crippen LogP contribution in [0.1, 0.15) is 50.8 Å². The summed E-state index contributed by atoms with van der Waals surface area (Å²) in [6, 6.07) is 0.431. The van der Waals surface area contributed by atoms with Crippen molar-refractivity contribution >= 4 is 0 Å². The predicted molar refractivity (Wildman–Crippen MR) is 74.7 cm³/mol. The van der Waals surface area contributed by atoms with Crippen molar-refractivity contribution in [3.63, 3.8) is 0 Å². The van der Waals surface area contributed by atoms with Crippen LogP contribution in [0.15, 0.2) is 6.20 Å². The number of hydrogen-bond acceptors (Lipinski definition) is 3. The average molecular weight is 253 g/mol. The highest BCUT2D eigenvalue weighted by molar-refractivity contribution is 5.20. The zero-order valence-corrected chi connectivity index (χ0v) is 12.4. The molecule has 1 unspecified atom stereocenters. The second kappa shape index (κ2) is 7.54. The minimum atomic E-state index is 0.431. The largest absolute Gasteiger partial charge is 0.383 e. The topological polar surface area (TPSA) is 39.1 Å². The van der Waals surface area contributed by atoms with Gasteiger partial charge in [-0.1, -0.05) is 27.2 Å². The van der Waals surface area contributed by atoms with Crippen LogP contribution in [0.5, 0.6) is 0 Å². The zero-order valence-electron chi connectivity index (χ0n) is 12.4. The summed E-state index contributed by atoms with van der Waals surface area (Å²) in [5.41, 5.74) is 2.49. The Labute approximate surface area is 111 Å². The molecule has 0 aliphatic carbocycles. The molecule has 1 N–H and O–H groups in total. The number of nitrogens with zero attached hydrogens (tertiary/aromatic N) is 2. The molecule has 0 bridgehead atoms. The molecule has 0 aliphatic rings. The molecule has 1 aromatic heterocycles. The van der Waals surface area contributed by atoms with Gasteiger partial charge in [-0.2, -0.15) is 5.10 Å². The van der Waals surface area contributed by atoms with Crippen molar-refractivity contribution in [2.24, 2.45) is 7.05 Å². The third kappa shape index (κ3) is 4.42. The van der Waals surface area contributed by atoms with E-state index in [0.29, 0.717) is 12.0 Å². The number of rotatable bonds is 8. The van der Waals surface area contributed by atoms with E-state index >= 15 is 0 Å². The summed E-state index contributed by atoms with van der Waals surface area (Å²) in [4.78, 5) is 0. The summed E-state index contributed by atoms with van der Waals surface area (Å²) in [6.45, 7) is 8.21. The van der Waals surface area contributed by atoms with E-state index < -0.39 is 0 Å². The second-order valence-corrected chi connectivity index (χ2v) is 5.19. The Kier molecular flexibility index (Phi) is 6.36. The quantitative estimate of drug-likeness (QED) is 0.773. The third-order valence-corrected chi connectivity index (χ3v) is 3.07. The number of hydrogen-bond donors (Lipinski definition) is 1. The SMILES string of the molecule is CCCC(COC)NCc1cn(C)nc1C(C)C. The summed E-state index contributed by atoms with van der Waals surface area (Å²) in [6.07, 6.45) is 4.42. The van der Waals surface area contributed by atoms with Crippen molar-refractivity contribution < 1.29 is 4.74 Å². The highest BCUT2D eigenvalue weighted by atomic mass is 16.5. The van der Waals surface area contributed by atoms with Gasteiger partial charge in [-0.15, -0.1) is 0 Å². The fraction of sp³-hybridized carbons (Fsp3) is 0.786. The highest BCUT2D eigenvalue weighted by Crippen LogP contribution is 2.17. The van der Waals surface area contributed by atoms with E-state index in [1.165, 1.54) is 17.7 Å². The number of nitrogens with one attached hydrogen (secondary N) is 1. The Morgan fingerprint density at radius 3 is 2.72 bits per heavy atom. The fourth-order valence-corrected chi connectivity index (χ4v) is 2.23. The van der Waals surface area contributed by atoms with Gasteiger partial charge in [0.05, 0.1) is 12.3 Å². The molecule has 0 fully saturated rings. The van der Waals surface area contributed by atoms with Crippen molar-refractivity contribution in [2.45, 2.75) is 52.1 Å². The van der Waals surface area contributed by atoms with Gasteiger partial charge in [0.1, 0.15) is 0 Å². The maximum absolute atomic E-state index is 5.24. The van der Waals surface area contributed by atoms with Gasteiger partial charge in [0.15, 0.2) is 0 Å². The first-order chi connectivity index (χ1) is 8.58. The van der Waals surface area contributed by atoms with Gasteiger partial charge in [-0.25, -0.2) is 0 Å². The van der Waals surface area contributed by atoms with Crippen LogP contribution in [0.4, 0.5) is 0 Å². The summed E-state index contributed by atoms with van der Waals surface area (Å²) in [5.74, 6) is 0.468. The Hall–Kier alpha value is -0.870. The molecular weight excluding hydrogens is 226 g/mol. The third-order valence-electron chi connectivity index (χ3n) is 3.07. The van der Waals surface area contributed by atoms with Gasteiger partial charge in [0, 0.05) is 38.5 Å². The van der Waals surface area contributed by atoms with Crippen LogP contribution in [0.3, 0.4) is 0 Å². The molecule has 4 nitrogen and oxygen atoms in total. The first-order valence-electron chi connectivity index (χ1n) is 6.83. The summed E-state index contributed by atoms with van der Waals surface area (Å²) < 4.78 is 7.14. The lowest BCUT2D eigenvalue weighted by Crippen LogP contribution is -2.32. The van der Waals surface area contributed by atoms with Crippen LogP contribution < -0.4 is 5.32 Å². The van der Waals surface area contributed by atoms with E-state index in [1.54, 1.807) is 7.11 Å². The van der Waals surface area contributed by atoms with Gasteiger partial charge >= 0.3 is 0 Å². The molecule has 1 rings (SSSR count). The first-order valence-corrected chi connectivity index (χ1v) is 6.83. The minimum Gasteiger partial charge on any atom is -0.383 e. The van der Waals surface area contributed by atoms with Crippen molar-refractivity contribution in [2.75, 3.05) is 13.7 Å². The Morgan fingerprint density at radius 2 is 2.17 bits per heavy atom. The maximum atomic E-state index is 5.24. The molecule has 104 valence electrons. The molecule has 1 atom stereocenters. The molecule has 18 heavy (non-hydrogen) atoms. The lowest BCUT2D eigenvalue weighted by atomic mass is 10.1. The van der Waals surface area contributed by atoms with Gasteiger partial charge in [-0.3, -0.25) is 4.68 Å². The standard InChI is InChI=1S/C14H27N3O/c1-6-7-13(10-18-5)15-8-12-9-17(4)16-14(12)11(2)3/h9,11,13,15H,6-8,10H2,1-5H3. The molecule has 0 saturated heterocycles. The molecule has 0 aromatic carbocycles. The van der Waals surface area contributed by atoms with Crippen molar-refractivity contribution in [1.82, 2.24) is 15.1 Å². The van der Waals surface area contributed by atoms with Crippen LogP contribution in [-0.2, 0) is 18.3 Å². The van der Waals surface area contributed by atoms with E-state index in [1.807, 2.05) is 11.7 Å². The predicted octanol–water partition coefficient (Wildman–Crippen LogP) is 2.45. The molecule has 0 spiro atoms. The second-order valence-electron chi connectivity index (χ2n) is 5.19. The Balaban J connectivity index is 2.60. The van der Waals surface area contributed by atoms with E-state index in [2.05, 4.69) is 37.4 Å². The van der Waals surface area contributed by atoms with Gasteiger partial charge in [0.2, 0.25) is 0 Å². The molecular formula is C14H27N3O. The number of methoxy groups -OCH3 is 1. The van der Waals surface area contributed by atoms with Crippen LogP contribution in [-0.4, -0.2) is 29.5 Å². The fourth-order valence-electron chi connectivity index (χ4n) is 2.23. The zero-order chi connectivity index (χ0) is 13.5. The molecule has 0 aliphatic heterocycles. The maximum Gasteiger partial charge on any atom is 0.0694 e. The van der Waals surface area contributed by atoms with Gasteiger partial charge in [-0.05, 0) is 12.3 Å². The van der Waals surface area contributed by atoms with Crippen molar-refractivity contribution in [3.8, 4) is 0 Å². The Bertz CT molecular complexity index is 341. The number of ether oxygens (including phenoxy) is 1. The monoisotopic (exact) mass is 253 g/mol. The van der Waals surface area contributed by atoms with Crippen LogP contribution >= 0.6 is 0 Å². The lowest BCUT2D eigenvalue weighted by molar-refractivity contribution is 0.161. The highest BCUT2D eigenvalue weighted by Gasteiger charge is 2.13. The van der Waals surface area contributed by atoms with Crippen LogP contribution in [0.2, 0.25) is 0 Å². The summed E-state index contributed by atoms with van der Waals surface area (Å²) in [5, 5.41) is 8.09. The van der Waals surface area contributed by atoms with Crippen LogP contribution in [0, 0.1) is 0 Å². The molecule has 4 heteroatoms. The van der Waals surface area contributed by atoms with E-state index in [0.717, 1.165) is 19.6 Å². The summed E-state index contributed by atoms with van der Waals surface area (Å²) >= 11 is 0. The van der Waals surface area contributed by atoms with E-state index in [-0.39, 0.29) is 0 Å². The molecule has 0 radical (unpaired) electrons. The summed E-state index contributed by atoms with van der Waals surface area (Å²) in [7, 11) is 3.74. The molecule has 0 saturated carbocycles. The lowest BCUT2D eigenvalue weighted by Gasteiger charge is -2.17. The Morgan fingerprint density at radius 1 is 1.44 bits per heavy atom.